The van der Waals surface area contributed by atoms with Crippen LogP contribution in [0.2, 0.25) is 0 Å². The molecule has 0 unspecified atom stereocenters. The van der Waals surface area contributed by atoms with Gasteiger partial charge in [-0.15, -0.1) is 0 Å². The van der Waals surface area contributed by atoms with Gasteiger partial charge in [0.05, 0.1) is 18.6 Å². The Morgan fingerprint density at radius 1 is 1.11 bits per heavy atom. The Hall–Kier alpha value is -2.57. The molecule has 4 atom stereocenters. The number of rotatable bonds is 3. The lowest BCUT2D eigenvalue weighted by Crippen LogP contribution is -2.55. The standard InChI is InChI=1S/C22H23NO5/c1-22-10-9-16(15-7-8-18-19(11-15)27-13-26-18)21(25)23(22)17(12-24)20(28-22)14-5-3-2-4-6-14/h2-8,11,16-17,20,24H,9-10,12-13H2,1H3/t16-,17+,20+,22+/m1/s1. The van der Waals surface area contributed by atoms with Crippen molar-refractivity contribution in [3.05, 3.63) is 59.7 Å². The summed E-state index contributed by atoms with van der Waals surface area (Å²) in [5, 5.41) is 10.1. The van der Waals surface area contributed by atoms with Gasteiger partial charge in [-0.2, -0.15) is 0 Å². The fraction of sp³-hybridized carbons (Fsp3) is 0.409. The van der Waals surface area contributed by atoms with E-state index in [4.69, 9.17) is 14.2 Å². The zero-order valence-corrected chi connectivity index (χ0v) is 15.7. The summed E-state index contributed by atoms with van der Waals surface area (Å²) in [6.45, 7) is 2.02. The van der Waals surface area contributed by atoms with Crippen LogP contribution in [0.3, 0.4) is 0 Å². The van der Waals surface area contributed by atoms with Crippen molar-refractivity contribution in [1.82, 2.24) is 4.90 Å². The Morgan fingerprint density at radius 3 is 2.68 bits per heavy atom. The van der Waals surface area contributed by atoms with Crippen LogP contribution in [0.1, 0.15) is 42.9 Å². The van der Waals surface area contributed by atoms with Crippen molar-refractivity contribution < 1.29 is 24.1 Å². The molecule has 0 radical (unpaired) electrons. The number of benzene rings is 2. The molecule has 3 aliphatic rings. The average molecular weight is 381 g/mol. The van der Waals surface area contributed by atoms with Gasteiger partial charge in [-0.3, -0.25) is 4.79 Å². The van der Waals surface area contributed by atoms with Crippen LogP contribution < -0.4 is 9.47 Å². The van der Waals surface area contributed by atoms with Crippen LogP contribution in [0.25, 0.3) is 0 Å². The molecule has 0 spiro atoms. The summed E-state index contributed by atoms with van der Waals surface area (Å²) in [5.74, 6) is 1.09. The number of aliphatic hydroxyl groups excluding tert-OH is 1. The lowest BCUT2D eigenvalue weighted by atomic mass is 9.84. The van der Waals surface area contributed by atoms with E-state index in [1.165, 1.54) is 0 Å². The molecule has 2 aromatic rings. The van der Waals surface area contributed by atoms with Gasteiger partial charge in [0.25, 0.3) is 0 Å². The summed E-state index contributed by atoms with van der Waals surface area (Å²) in [7, 11) is 0. The molecule has 0 bridgehead atoms. The average Bonchev–Trinajstić information content (AvgIpc) is 3.30. The zero-order valence-electron chi connectivity index (χ0n) is 15.7. The normalized spacial score (nSPS) is 31.1. The smallest absolute Gasteiger partial charge is 0.232 e. The summed E-state index contributed by atoms with van der Waals surface area (Å²) in [4.78, 5) is 15.3. The van der Waals surface area contributed by atoms with Gasteiger partial charge in [0.1, 0.15) is 11.8 Å². The molecule has 28 heavy (non-hydrogen) atoms. The van der Waals surface area contributed by atoms with Crippen LogP contribution in [0.4, 0.5) is 0 Å². The van der Waals surface area contributed by atoms with Crippen molar-refractivity contribution >= 4 is 5.91 Å². The van der Waals surface area contributed by atoms with E-state index in [-0.39, 0.29) is 31.3 Å². The quantitative estimate of drug-likeness (QED) is 0.885. The maximum atomic E-state index is 13.5. The predicted molar refractivity (Wildman–Crippen MR) is 101 cm³/mol. The van der Waals surface area contributed by atoms with Gasteiger partial charge >= 0.3 is 0 Å². The van der Waals surface area contributed by atoms with Crippen molar-refractivity contribution in [2.45, 2.75) is 43.6 Å². The third-order valence-electron chi connectivity index (χ3n) is 6.12. The van der Waals surface area contributed by atoms with E-state index in [0.29, 0.717) is 24.3 Å². The lowest BCUT2D eigenvalue weighted by Gasteiger charge is -2.43. The maximum absolute atomic E-state index is 13.5. The molecule has 6 heteroatoms. The minimum absolute atomic E-state index is 0.00917. The van der Waals surface area contributed by atoms with Gasteiger partial charge in [0.15, 0.2) is 11.5 Å². The highest BCUT2D eigenvalue weighted by molar-refractivity contribution is 5.86. The number of hydrogen-bond acceptors (Lipinski definition) is 5. The number of nitrogens with zero attached hydrogens (tertiary/aromatic N) is 1. The number of carbonyl (C=O) groups is 1. The van der Waals surface area contributed by atoms with Crippen LogP contribution >= 0.6 is 0 Å². The lowest BCUT2D eigenvalue weighted by molar-refractivity contribution is -0.162. The van der Waals surface area contributed by atoms with Crippen LogP contribution in [-0.2, 0) is 9.53 Å². The molecular formula is C22H23NO5. The Kier molecular flexibility index (Phi) is 4.07. The van der Waals surface area contributed by atoms with Gasteiger partial charge in [-0.05, 0) is 43.0 Å². The largest absolute Gasteiger partial charge is 0.454 e. The molecular weight excluding hydrogens is 358 g/mol. The van der Waals surface area contributed by atoms with Crippen molar-refractivity contribution in [2.75, 3.05) is 13.4 Å². The number of amides is 1. The fourth-order valence-electron chi connectivity index (χ4n) is 4.72. The van der Waals surface area contributed by atoms with Gasteiger partial charge in [0, 0.05) is 0 Å². The minimum Gasteiger partial charge on any atom is -0.454 e. The number of carbonyl (C=O) groups excluding carboxylic acids is 1. The highest BCUT2D eigenvalue weighted by atomic mass is 16.7. The Bertz CT molecular complexity index is 901. The first-order valence-electron chi connectivity index (χ1n) is 9.67. The summed E-state index contributed by atoms with van der Waals surface area (Å²) in [6.07, 6.45) is 1.05. The van der Waals surface area contributed by atoms with Crippen molar-refractivity contribution in [3.8, 4) is 11.5 Å². The van der Waals surface area contributed by atoms with Gasteiger partial charge < -0.3 is 24.2 Å². The third kappa shape index (κ3) is 2.59. The maximum Gasteiger partial charge on any atom is 0.232 e. The minimum atomic E-state index is -0.710. The van der Waals surface area contributed by atoms with E-state index in [2.05, 4.69) is 0 Å². The third-order valence-corrected chi connectivity index (χ3v) is 6.12. The first-order valence-corrected chi connectivity index (χ1v) is 9.67. The van der Waals surface area contributed by atoms with Gasteiger partial charge in [0.2, 0.25) is 12.7 Å². The second-order valence-corrected chi connectivity index (χ2v) is 7.79. The molecule has 2 fully saturated rings. The molecule has 3 heterocycles. The molecule has 0 saturated carbocycles. The number of aliphatic hydroxyl groups is 1. The highest BCUT2D eigenvalue weighted by Gasteiger charge is 2.56. The van der Waals surface area contributed by atoms with Crippen molar-refractivity contribution in [2.24, 2.45) is 0 Å². The molecule has 2 aromatic carbocycles. The summed E-state index contributed by atoms with van der Waals surface area (Å²) in [6, 6.07) is 15.1. The molecule has 1 N–H and O–H groups in total. The van der Waals surface area contributed by atoms with Gasteiger partial charge in [-0.25, -0.2) is 0 Å². The molecule has 0 aromatic heterocycles. The topological polar surface area (TPSA) is 68.2 Å². The van der Waals surface area contributed by atoms with Crippen LogP contribution in [-0.4, -0.2) is 41.1 Å². The fourth-order valence-corrected chi connectivity index (χ4v) is 4.72. The van der Waals surface area contributed by atoms with E-state index in [9.17, 15) is 9.90 Å². The molecule has 0 aliphatic carbocycles. The van der Waals surface area contributed by atoms with E-state index >= 15 is 0 Å². The first kappa shape index (κ1) is 17.5. The molecule has 2 saturated heterocycles. The van der Waals surface area contributed by atoms with Crippen LogP contribution in [0.15, 0.2) is 48.5 Å². The molecule has 3 aliphatic heterocycles. The van der Waals surface area contributed by atoms with E-state index in [1.807, 2.05) is 55.5 Å². The molecule has 146 valence electrons. The van der Waals surface area contributed by atoms with Crippen LogP contribution in [0.5, 0.6) is 11.5 Å². The number of hydrogen-bond donors (Lipinski definition) is 1. The predicted octanol–water partition coefficient (Wildman–Crippen LogP) is 2.97. The van der Waals surface area contributed by atoms with Crippen molar-refractivity contribution in [3.63, 3.8) is 0 Å². The summed E-state index contributed by atoms with van der Waals surface area (Å²) >= 11 is 0. The SMILES string of the molecule is C[C@]12CC[C@H](c3ccc4c(c3)OCO4)C(=O)N1[C@@H](CO)[C@H](c1ccccc1)O2. The number of ether oxygens (including phenoxy) is 3. The summed E-state index contributed by atoms with van der Waals surface area (Å²) < 4.78 is 17.2. The van der Waals surface area contributed by atoms with E-state index in [1.54, 1.807) is 4.90 Å². The molecule has 5 rings (SSSR count). The molecule has 1 amide bonds. The Balaban J connectivity index is 1.48. The highest BCUT2D eigenvalue weighted by Crippen LogP contribution is 2.49. The Morgan fingerprint density at radius 2 is 1.89 bits per heavy atom. The summed E-state index contributed by atoms with van der Waals surface area (Å²) in [5.41, 5.74) is 1.18. The molecule has 6 nitrogen and oxygen atoms in total. The van der Waals surface area contributed by atoms with Crippen LogP contribution in [0, 0.1) is 0 Å². The zero-order chi connectivity index (χ0) is 19.3. The first-order chi connectivity index (χ1) is 13.6. The van der Waals surface area contributed by atoms with Gasteiger partial charge in [-0.1, -0.05) is 36.4 Å². The monoisotopic (exact) mass is 381 g/mol. The second kappa shape index (κ2) is 6.50. The van der Waals surface area contributed by atoms with E-state index in [0.717, 1.165) is 11.1 Å². The second-order valence-electron chi connectivity index (χ2n) is 7.79. The Labute approximate surface area is 163 Å². The number of fused-ring (bicyclic) bond motifs is 2. The van der Waals surface area contributed by atoms with E-state index < -0.39 is 11.8 Å². The number of piperidine rings is 1. The van der Waals surface area contributed by atoms with Crippen molar-refractivity contribution in [1.29, 1.82) is 0 Å².